The molecule has 1 heteroatoms. The highest BCUT2D eigenvalue weighted by molar-refractivity contribution is 5.31. The minimum absolute atomic E-state index is 0.516. The van der Waals surface area contributed by atoms with Gasteiger partial charge in [-0.05, 0) is 12.5 Å². The second-order valence-electron chi connectivity index (χ2n) is 1.66. The molecule has 0 bridgehead atoms. The van der Waals surface area contributed by atoms with E-state index in [1.165, 1.54) is 6.26 Å². The first-order valence-electron chi connectivity index (χ1n) is 2.31. The highest BCUT2D eigenvalue weighted by atomic mass is 16.3. The van der Waals surface area contributed by atoms with Gasteiger partial charge in [0.15, 0.2) is 0 Å². The van der Waals surface area contributed by atoms with Gasteiger partial charge in [0, 0.05) is 19.4 Å². The topological polar surface area (TPSA) is 13.1 Å². The first kappa shape index (κ1) is 5.42. The highest BCUT2D eigenvalue weighted by Crippen LogP contribution is 2.12. The summed E-state index contributed by atoms with van der Waals surface area (Å²) < 4.78 is 4.84. The van der Waals surface area contributed by atoms with E-state index in [0.29, 0.717) is 16.9 Å². The van der Waals surface area contributed by atoms with Gasteiger partial charge in [0.25, 0.3) is 0 Å². The van der Waals surface area contributed by atoms with Crippen molar-refractivity contribution in [3.8, 4) is 0 Å². The Balaban J connectivity index is 3.19. The van der Waals surface area contributed by atoms with Crippen LogP contribution in [0.25, 0.3) is 0 Å². The minimum atomic E-state index is 0.516. The Morgan fingerprint density at radius 1 is 1.50 bits per heavy atom. The second-order valence-corrected chi connectivity index (χ2v) is 1.66. The smallest absolute Gasteiger partial charge is 0.104 e. The Labute approximate surface area is 49.3 Å². The lowest BCUT2D eigenvalue weighted by molar-refractivity contribution is 0.532. The Bertz CT molecular complexity index is 167. The molecule has 0 fully saturated rings. The molecule has 1 aromatic rings. The fourth-order valence-corrected chi connectivity index (χ4v) is 0.482. The number of furan rings is 1. The van der Waals surface area contributed by atoms with Gasteiger partial charge >= 0.3 is 0 Å². The van der Waals surface area contributed by atoms with Gasteiger partial charge in [0.1, 0.15) is 5.76 Å². The highest BCUT2D eigenvalue weighted by Gasteiger charge is 1.98. The average Bonchev–Trinajstić information content (AvgIpc) is 1.98. The monoisotopic (exact) mass is 106 g/mol. The summed E-state index contributed by atoms with van der Waals surface area (Å²) in [5.41, 5.74) is 1.06. The molecule has 4 radical (unpaired) electrons. The molecular formula is C7H6O. The zero-order valence-corrected chi connectivity index (χ0v) is 4.64. The summed E-state index contributed by atoms with van der Waals surface area (Å²) in [6, 6.07) is 0. The molecule has 0 atom stereocenters. The molecule has 0 aliphatic heterocycles. The third kappa shape index (κ3) is 0.641. The SMILES string of the molecule is [CH]c1coc(C)c1[CH]. The van der Waals surface area contributed by atoms with Crippen molar-refractivity contribution in [3.63, 3.8) is 0 Å². The maximum atomic E-state index is 5.38. The van der Waals surface area contributed by atoms with E-state index in [2.05, 4.69) is 0 Å². The van der Waals surface area contributed by atoms with Crippen LogP contribution in [-0.4, -0.2) is 0 Å². The Morgan fingerprint density at radius 3 is 2.25 bits per heavy atom. The lowest BCUT2D eigenvalue weighted by Gasteiger charge is -1.82. The van der Waals surface area contributed by atoms with Crippen molar-refractivity contribution in [1.82, 2.24) is 0 Å². The maximum absolute atomic E-state index is 5.38. The summed E-state index contributed by atoms with van der Waals surface area (Å²) in [7, 11) is 0. The summed E-state index contributed by atoms with van der Waals surface area (Å²) in [6.07, 6.45) is 1.44. The summed E-state index contributed by atoms with van der Waals surface area (Å²) in [5, 5.41) is 0. The molecular weight excluding hydrogens is 100 g/mol. The van der Waals surface area contributed by atoms with E-state index >= 15 is 0 Å². The fraction of sp³-hybridized carbons (Fsp3) is 0.143. The lowest BCUT2D eigenvalue weighted by atomic mass is 10.2. The van der Waals surface area contributed by atoms with Crippen molar-refractivity contribution in [1.29, 1.82) is 0 Å². The van der Waals surface area contributed by atoms with E-state index in [4.69, 9.17) is 18.3 Å². The number of aryl methyl sites for hydroxylation is 1. The van der Waals surface area contributed by atoms with Crippen LogP contribution in [0.3, 0.4) is 0 Å². The van der Waals surface area contributed by atoms with Crippen LogP contribution in [0.5, 0.6) is 0 Å². The quantitative estimate of drug-likeness (QED) is 0.490. The van der Waals surface area contributed by atoms with Crippen LogP contribution in [0.15, 0.2) is 10.7 Å². The average molecular weight is 106 g/mol. The number of rotatable bonds is 0. The van der Waals surface area contributed by atoms with Gasteiger partial charge in [-0.25, -0.2) is 0 Å². The van der Waals surface area contributed by atoms with Crippen LogP contribution < -0.4 is 0 Å². The predicted molar refractivity (Wildman–Crippen MR) is 30.2 cm³/mol. The van der Waals surface area contributed by atoms with Crippen LogP contribution in [0.2, 0.25) is 0 Å². The molecule has 40 valence electrons. The largest absolute Gasteiger partial charge is 0.469 e. The van der Waals surface area contributed by atoms with Crippen molar-refractivity contribution in [2.45, 2.75) is 6.92 Å². The Hall–Kier alpha value is -0.720. The molecule has 0 unspecified atom stereocenters. The number of hydrogen-bond acceptors (Lipinski definition) is 1. The molecule has 8 heavy (non-hydrogen) atoms. The molecule has 1 aromatic heterocycles. The molecule has 1 nitrogen and oxygen atoms in total. The molecule has 0 aromatic carbocycles. The first-order chi connectivity index (χ1) is 3.72. The van der Waals surface area contributed by atoms with Gasteiger partial charge < -0.3 is 4.42 Å². The van der Waals surface area contributed by atoms with Crippen molar-refractivity contribution in [2.75, 3.05) is 0 Å². The Kier molecular flexibility index (Phi) is 1.12. The van der Waals surface area contributed by atoms with Crippen LogP contribution in [0.1, 0.15) is 16.9 Å². The summed E-state index contributed by atoms with van der Waals surface area (Å²) >= 11 is 0. The summed E-state index contributed by atoms with van der Waals surface area (Å²) in [4.78, 5) is 0. The summed E-state index contributed by atoms with van der Waals surface area (Å²) in [6.45, 7) is 12.5. The lowest BCUT2D eigenvalue weighted by Crippen LogP contribution is -1.71. The molecule has 0 N–H and O–H groups in total. The first-order valence-corrected chi connectivity index (χ1v) is 2.31. The molecule has 1 heterocycles. The predicted octanol–water partition coefficient (Wildman–Crippen LogP) is 1.71. The summed E-state index contributed by atoms with van der Waals surface area (Å²) in [5.74, 6) is 0.683. The van der Waals surface area contributed by atoms with Gasteiger partial charge in [0.2, 0.25) is 0 Å². The molecule has 0 aliphatic rings. The Morgan fingerprint density at radius 2 is 2.12 bits per heavy atom. The minimum Gasteiger partial charge on any atom is -0.469 e. The van der Waals surface area contributed by atoms with Gasteiger partial charge in [-0.1, -0.05) is 0 Å². The van der Waals surface area contributed by atoms with Crippen LogP contribution in [0, 0.1) is 20.8 Å². The van der Waals surface area contributed by atoms with Crippen LogP contribution in [-0.2, 0) is 0 Å². The van der Waals surface area contributed by atoms with Crippen molar-refractivity contribution in [3.05, 3.63) is 37.0 Å². The molecule has 0 aliphatic carbocycles. The normalized spacial score (nSPS) is 9.88. The van der Waals surface area contributed by atoms with E-state index in [1.54, 1.807) is 6.92 Å². The van der Waals surface area contributed by atoms with E-state index < -0.39 is 0 Å². The van der Waals surface area contributed by atoms with E-state index in [1.807, 2.05) is 0 Å². The zero-order chi connectivity index (χ0) is 6.15. The van der Waals surface area contributed by atoms with Gasteiger partial charge in [-0.3, -0.25) is 0 Å². The van der Waals surface area contributed by atoms with E-state index in [9.17, 15) is 0 Å². The van der Waals surface area contributed by atoms with Gasteiger partial charge in [0.05, 0.1) is 6.26 Å². The van der Waals surface area contributed by atoms with E-state index in [0.717, 1.165) is 0 Å². The van der Waals surface area contributed by atoms with Gasteiger partial charge in [-0.2, -0.15) is 0 Å². The maximum Gasteiger partial charge on any atom is 0.104 e. The second kappa shape index (κ2) is 1.66. The fourth-order valence-electron chi connectivity index (χ4n) is 0.482. The third-order valence-corrected chi connectivity index (χ3v) is 1.05. The van der Waals surface area contributed by atoms with Crippen molar-refractivity contribution < 1.29 is 4.42 Å². The van der Waals surface area contributed by atoms with Crippen LogP contribution in [0.4, 0.5) is 0 Å². The molecule has 0 spiro atoms. The number of hydrogen-bond donors (Lipinski definition) is 0. The van der Waals surface area contributed by atoms with Crippen molar-refractivity contribution >= 4 is 0 Å². The van der Waals surface area contributed by atoms with Crippen molar-refractivity contribution in [2.24, 2.45) is 0 Å². The van der Waals surface area contributed by atoms with E-state index in [-0.39, 0.29) is 0 Å². The standard InChI is InChI=1S/C7H6O/c1-5-4-8-7(3)6(5)2/h1-2,4H,3H3. The third-order valence-electron chi connectivity index (χ3n) is 1.05. The molecule has 0 saturated heterocycles. The zero-order valence-electron chi connectivity index (χ0n) is 4.64. The molecule has 0 amide bonds. The van der Waals surface area contributed by atoms with Gasteiger partial charge in [-0.15, -0.1) is 0 Å². The van der Waals surface area contributed by atoms with Crippen LogP contribution >= 0.6 is 0 Å². The molecule has 0 saturated carbocycles. The molecule has 1 rings (SSSR count).